The Kier molecular flexibility index (Phi) is 7.03. The van der Waals surface area contributed by atoms with E-state index < -0.39 is 0 Å². The van der Waals surface area contributed by atoms with Gasteiger partial charge in [-0.2, -0.15) is 0 Å². The number of para-hydroxylation sites is 1. The van der Waals surface area contributed by atoms with Crippen LogP contribution < -0.4 is 0 Å². The van der Waals surface area contributed by atoms with Crippen LogP contribution in [0.15, 0.2) is 185 Å². The lowest BCUT2D eigenvalue weighted by Gasteiger charge is -2.10. The van der Waals surface area contributed by atoms with E-state index >= 15 is 0 Å². The second-order valence-corrected chi connectivity index (χ2v) is 15.4. The molecular formula is C51H29N3O2S. The maximum absolute atomic E-state index is 6.45. The van der Waals surface area contributed by atoms with E-state index in [1.807, 2.05) is 47.7 Å². The number of hydrogen-bond acceptors (Lipinski definition) is 6. The van der Waals surface area contributed by atoms with Crippen LogP contribution in [0.3, 0.4) is 0 Å². The SMILES string of the molecule is c1ccc(-c2ccc3oc4cc(-c5nc(-c6cccc(-c7cccc8c7sc7ccccc78)c6)nc(-c6ccc7c(c6)oc6ccccc67)n5)ccc4c3c2)cc1. The fourth-order valence-corrected chi connectivity index (χ4v) is 9.39. The summed E-state index contributed by atoms with van der Waals surface area (Å²) in [5, 5.41) is 6.79. The van der Waals surface area contributed by atoms with E-state index in [4.69, 9.17) is 23.8 Å². The van der Waals surface area contributed by atoms with Gasteiger partial charge in [0.15, 0.2) is 17.5 Å². The Balaban J connectivity index is 1.02. The number of furan rings is 2. The summed E-state index contributed by atoms with van der Waals surface area (Å²) in [6.45, 7) is 0. The van der Waals surface area contributed by atoms with E-state index in [0.29, 0.717) is 17.5 Å². The summed E-state index contributed by atoms with van der Waals surface area (Å²) in [5.41, 5.74) is 10.4. The molecule has 0 saturated heterocycles. The monoisotopic (exact) mass is 747 g/mol. The fourth-order valence-electron chi connectivity index (χ4n) is 8.16. The molecular weight excluding hydrogens is 719 g/mol. The molecule has 8 aromatic carbocycles. The molecule has 0 saturated carbocycles. The highest BCUT2D eigenvalue weighted by molar-refractivity contribution is 7.26. The van der Waals surface area contributed by atoms with Crippen LogP contribution in [-0.4, -0.2) is 15.0 Å². The van der Waals surface area contributed by atoms with E-state index in [1.54, 1.807) is 0 Å². The van der Waals surface area contributed by atoms with Crippen LogP contribution in [0.2, 0.25) is 0 Å². The van der Waals surface area contributed by atoms with Crippen LogP contribution in [0, 0.1) is 0 Å². The molecule has 0 fully saturated rings. The highest BCUT2D eigenvalue weighted by Crippen LogP contribution is 2.41. The lowest BCUT2D eigenvalue weighted by Crippen LogP contribution is -2.00. The van der Waals surface area contributed by atoms with Crippen molar-refractivity contribution >= 4 is 75.4 Å². The molecule has 0 N–H and O–H groups in total. The summed E-state index contributed by atoms with van der Waals surface area (Å²) in [7, 11) is 0. The van der Waals surface area contributed by atoms with Gasteiger partial charge < -0.3 is 8.83 Å². The van der Waals surface area contributed by atoms with Gasteiger partial charge in [-0.25, -0.2) is 15.0 Å². The van der Waals surface area contributed by atoms with Crippen molar-refractivity contribution < 1.29 is 8.83 Å². The maximum atomic E-state index is 6.45. The van der Waals surface area contributed by atoms with Crippen molar-refractivity contribution in [2.24, 2.45) is 0 Å². The largest absolute Gasteiger partial charge is 0.456 e. The van der Waals surface area contributed by atoms with Gasteiger partial charge >= 0.3 is 0 Å². The number of benzene rings is 8. The maximum Gasteiger partial charge on any atom is 0.164 e. The Morgan fingerprint density at radius 2 is 0.860 bits per heavy atom. The Morgan fingerprint density at radius 3 is 1.63 bits per heavy atom. The lowest BCUT2D eigenvalue weighted by molar-refractivity contribution is 0.668. The van der Waals surface area contributed by atoms with Gasteiger partial charge in [-0.1, -0.05) is 121 Å². The first-order valence-electron chi connectivity index (χ1n) is 18.9. The minimum Gasteiger partial charge on any atom is -0.456 e. The van der Waals surface area contributed by atoms with Crippen molar-refractivity contribution in [2.75, 3.05) is 0 Å². The molecule has 6 heteroatoms. The van der Waals surface area contributed by atoms with Gasteiger partial charge in [-0.15, -0.1) is 11.3 Å². The third kappa shape index (κ3) is 5.26. The molecule has 0 aliphatic rings. The van der Waals surface area contributed by atoms with Crippen LogP contribution in [0.25, 0.3) is 120 Å². The van der Waals surface area contributed by atoms with Gasteiger partial charge in [-0.3, -0.25) is 0 Å². The highest BCUT2D eigenvalue weighted by atomic mass is 32.1. The number of fused-ring (bicyclic) bond motifs is 9. The average molecular weight is 748 g/mol. The van der Waals surface area contributed by atoms with E-state index in [0.717, 1.165) is 71.7 Å². The first-order valence-corrected chi connectivity index (χ1v) is 19.7. The third-order valence-corrected chi connectivity index (χ3v) is 12.2. The zero-order valence-corrected chi connectivity index (χ0v) is 31.1. The van der Waals surface area contributed by atoms with E-state index in [1.165, 1.54) is 31.3 Å². The van der Waals surface area contributed by atoms with Crippen LogP contribution in [0.1, 0.15) is 0 Å². The summed E-state index contributed by atoms with van der Waals surface area (Å²) < 4.78 is 15.3. The van der Waals surface area contributed by atoms with E-state index in [-0.39, 0.29) is 0 Å². The van der Waals surface area contributed by atoms with E-state index in [9.17, 15) is 0 Å². The van der Waals surface area contributed by atoms with Crippen LogP contribution in [0.5, 0.6) is 0 Å². The number of thiophene rings is 1. The van der Waals surface area contributed by atoms with Crippen molar-refractivity contribution in [3.63, 3.8) is 0 Å². The lowest BCUT2D eigenvalue weighted by atomic mass is 10.0. The summed E-state index contributed by atoms with van der Waals surface area (Å²) in [5.74, 6) is 1.71. The van der Waals surface area contributed by atoms with E-state index in [2.05, 4.69) is 140 Å². The first kappa shape index (κ1) is 31.9. The van der Waals surface area contributed by atoms with Crippen molar-refractivity contribution in [3.8, 4) is 56.4 Å². The minimum atomic E-state index is 0.559. The number of aromatic nitrogens is 3. The molecule has 12 rings (SSSR count). The Hall–Kier alpha value is -7.41. The van der Waals surface area contributed by atoms with Crippen LogP contribution >= 0.6 is 11.3 Å². The molecule has 0 bridgehead atoms. The molecule has 0 aliphatic heterocycles. The molecule has 12 aromatic rings. The molecule has 0 unspecified atom stereocenters. The van der Waals surface area contributed by atoms with Crippen LogP contribution in [-0.2, 0) is 0 Å². The molecule has 0 spiro atoms. The average Bonchev–Trinajstić information content (AvgIpc) is 3.97. The Bertz CT molecular complexity index is 3540. The standard InChI is InChI=1S/C51H29N3O2S/c1-2-10-30(11-3-1)31-22-25-44-42(27-31)39-24-21-35(29-46(39)56-44)51-53-49(52-50(54-51)34-20-23-38-37-14-4-6-18-43(37)55-45(38)28-34)33-13-8-12-32(26-33)36-16-9-17-41-40-15-5-7-19-47(40)57-48(36)41/h1-29H. The molecule has 5 nitrogen and oxygen atoms in total. The van der Waals surface area contributed by atoms with Crippen molar-refractivity contribution in [2.45, 2.75) is 0 Å². The molecule has 4 aromatic heterocycles. The summed E-state index contributed by atoms with van der Waals surface area (Å²) >= 11 is 1.83. The topological polar surface area (TPSA) is 65.0 Å². The molecule has 0 aliphatic carbocycles. The number of nitrogens with zero attached hydrogens (tertiary/aromatic N) is 3. The Labute approximate surface area is 330 Å². The highest BCUT2D eigenvalue weighted by Gasteiger charge is 2.18. The van der Waals surface area contributed by atoms with Gasteiger partial charge in [0, 0.05) is 58.4 Å². The third-order valence-electron chi connectivity index (χ3n) is 10.9. The number of rotatable bonds is 5. The van der Waals surface area contributed by atoms with Gasteiger partial charge in [0.2, 0.25) is 0 Å². The summed E-state index contributed by atoms with van der Waals surface area (Å²) in [4.78, 5) is 15.4. The van der Waals surface area contributed by atoms with Gasteiger partial charge in [0.05, 0.1) is 0 Å². The van der Waals surface area contributed by atoms with Crippen molar-refractivity contribution in [3.05, 3.63) is 176 Å². The van der Waals surface area contributed by atoms with Gasteiger partial charge in [0.1, 0.15) is 22.3 Å². The number of hydrogen-bond donors (Lipinski definition) is 0. The van der Waals surface area contributed by atoms with Gasteiger partial charge in [0.25, 0.3) is 0 Å². The summed E-state index contributed by atoms with van der Waals surface area (Å²) in [6, 6.07) is 61.0. The zero-order valence-electron chi connectivity index (χ0n) is 30.3. The normalized spacial score (nSPS) is 11.9. The molecule has 0 atom stereocenters. The van der Waals surface area contributed by atoms with Crippen molar-refractivity contribution in [1.29, 1.82) is 0 Å². The second kappa shape index (κ2) is 12.6. The van der Waals surface area contributed by atoms with Crippen molar-refractivity contribution in [1.82, 2.24) is 15.0 Å². The molecule has 0 radical (unpaired) electrons. The smallest absolute Gasteiger partial charge is 0.164 e. The molecule has 266 valence electrons. The second-order valence-electron chi connectivity index (χ2n) is 14.4. The first-order chi connectivity index (χ1) is 28.2. The van der Waals surface area contributed by atoms with Gasteiger partial charge in [-0.05, 0) is 76.9 Å². The Morgan fingerprint density at radius 1 is 0.316 bits per heavy atom. The zero-order chi connectivity index (χ0) is 37.5. The minimum absolute atomic E-state index is 0.559. The molecule has 57 heavy (non-hydrogen) atoms. The summed E-state index contributed by atoms with van der Waals surface area (Å²) in [6.07, 6.45) is 0. The predicted molar refractivity (Wildman–Crippen MR) is 234 cm³/mol. The molecule has 0 amide bonds. The van der Waals surface area contributed by atoms with Crippen LogP contribution in [0.4, 0.5) is 0 Å². The predicted octanol–water partition coefficient (Wildman–Crippen LogP) is 14.4. The quantitative estimate of drug-likeness (QED) is 0.175. The molecule has 4 heterocycles. The fraction of sp³-hybridized carbons (Fsp3) is 0.